The molecule has 1 heterocycles. The number of fused-ring (bicyclic) bond motifs is 5. The summed E-state index contributed by atoms with van der Waals surface area (Å²) >= 11 is 0. The van der Waals surface area contributed by atoms with Crippen LogP contribution in [0.1, 0.15) is 6.42 Å². The van der Waals surface area contributed by atoms with Crippen molar-refractivity contribution in [2.45, 2.75) is 12.5 Å². The summed E-state index contributed by atoms with van der Waals surface area (Å²) in [6.45, 7) is 0. The van der Waals surface area contributed by atoms with Crippen molar-refractivity contribution in [3.63, 3.8) is 0 Å². The topological polar surface area (TPSA) is 55.4 Å². The van der Waals surface area contributed by atoms with Gasteiger partial charge in [-0.05, 0) is 18.3 Å². The van der Waals surface area contributed by atoms with Crippen molar-refractivity contribution >= 4 is 12.1 Å². The Balaban J connectivity index is 1.98. The van der Waals surface area contributed by atoms with Crippen LogP contribution in [0.3, 0.4) is 0 Å². The molecular weight excluding hydrogens is 170 g/mol. The number of rotatable bonds is 0. The average molecular weight is 179 g/mol. The van der Waals surface area contributed by atoms with Crippen molar-refractivity contribution in [3.05, 3.63) is 12.2 Å². The van der Waals surface area contributed by atoms with Crippen LogP contribution in [0.2, 0.25) is 0 Å². The number of alkyl carbamates (subject to hydrolysis) is 1. The van der Waals surface area contributed by atoms with Gasteiger partial charge in [0, 0.05) is 0 Å². The maximum absolute atomic E-state index is 11.4. The van der Waals surface area contributed by atoms with E-state index in [2.05, 4.69) is 22.2 Å². The lowest BCUT2D eigenvalue weighted by atomic mass is 9.88. The Labute approximate surface area is 74.9 Å². The first-order valence-electron chi connectivity index (χ1n) is 4.46. The zero-order chi connectivity index (χ0) is 9.00. The molecule has 13 heavy (non-hydrogen) atoms. The fourth-order valence-corrected chi connectivity index (χ4v) is 2.67. The third-order valence-electron chi connectivity index (χ3n) is 3.21. The van der Waals surface area contributed by atoms with Crippen molar-refractivity contribution in [1.82, 2.24) is 5.32 Å². The van der Waals surface area contributed by atoms with Gasteiger partial charge in [-0.25, -0.2) is 4.79 Å². The second kappa shape index (κ2) is 2.13. The van der Waals surface area contributed by atoms with E-state index in [1.54, 1.807) is 0 Å². The van der Waals surface area contributed by atoms with Gasteiger partial charge in [-0.2, -0.15) is 0 Å². The minimum absolute atomic E-state index is 0.0104. The van der Waals surface area contributed by atoms with Crippen LogP contribution in [0.4, 0.5) is 4.79 Å². The highest BCUT2D eigenvalue weighted by molar-refractivity contribution is 5.90. The molecule has 2 fully saturated rings. The number of allylic oxidation sites excluding steroid dienone is 1. The number of hydrogen-bond acceptors (Lipinski definition) is 3. The molecule has 1 N–H and O–H groups in total. The molecule has 0 aromatic heterocycles. The highest BCUT2D eigenvalue weighted by Gasteiger charge is 2.52. The maximum Gasteiger partial charge on any atom is 0.415 e. The van der Waals surface area contributed by atoms with Crippen LogP contribution in [-0.4, -0.2) is 18.1 Å². The highest BCUT2D eigenvalue weighted by Crippen LogP contribution is 2.45. The van der Waals surface area contributed by atoms with Gasteiger partial charge in [-0.15, -0.1) is 0 Å². The summed E-state index contributed by atoms with van der Waals surface area (Å²) in [5.74, 6) is 0.133. The summed E-state index contributed by atoms with van der Waals surface area (Å²) in [5.41, 5.74) is 0. The summed E-state index contributed by atoms with van der Waals surface area (Å²) in [6.07, 6.45) is 4.53. The molecule has 3 aliphatic rings. The minimum Gasteiger partial charge on any atom is -0.376 e. The Bertz CT molecular complexity index is 323. The Morgan fingerprint density at radius 1 is 1.31 bits per heavy atom. The molecule has 1 amide bonds. The van der Waals surface area contributed by atoms with Gasteiger partial charge < -0.3 is 10.1 Å². The predicted molar refractivity (Wildman–Crippen MR) is 42.6 cm³/mol. The van der Waals surface area contributed by atoms with Gasteiger partial charge >= 0.3 is 12.1 Å². The van der Waals surface area contributed by atoms with E-state index in [4.69, 9.17) is 0 Å². The molecule has 1 saturated heterocycles. The third-order valence-corrected chi connectivity index (χ3v) is 3.21. The second-order valence-corrected chi connectivity index (χ2v) is 3.85. The normalized spacial score (nSPS) is 45.8. The highest BCUT2D eigenvalue weighted by atomic mass is 16.6. The largest absolute Gasteiger partial charge is 0.415 e. The SMILES string of the molecule is O=C1N[C@@H]2[C@@H](C(=O)O1)[C@@H]1C=C[C@H]2C1. The second-order valence-electron chi connectivity index (χ2n) is 3.85. The smallest absolute Gasteiger partial charge is 0.376 e. The van der Waals surface area contributed by atoms with E-state index in [0.29, 0.717) is 5.92 Å². The van der Waals surface area contributed by atoms with Crippen molar-refractivity contribution in [2.24, 2.45) is 17.8 Å². The number of carbonyl (C=O) groups is 2. The van der Waals surface area contributed by atoms with E-state index >= 15 is 0 Å². The lowest BCUT2D eigenvalue weighted by Crippen LogP contribution is -2.52. The first kappa shape index (κ1) is 7.12. The van der Waals surface area contributed by atoms with Crippen LogP contribution in [0.15, 0.2) is 12.2 Å². The predicted octanol–water partition coefficient (Wildman–Crippen LogP) is 0.444. The number of nitrogens with one attached hydrogen (secondary N) is 1. The van der Waals surface area contributed by atoms with Gasteiger partial charge in [0.2, 0.25) is 0 Å². The van der Waals surface area contributed by atoms with Crippen LogP contribution in [-0.2, 0) is 9.53 Å². The quantitative estimate of drug-likeness (QED) is 0.333. The molecule has 68 valence electrons. The van der Waals surface area contributed by atoms with Gasteiger partial charge in [0.15, 0.2) is 0 Å². The minimum atomic E-state index is -0.591. The molecule has 1 aliphatic heterocycles. The average Bonchev–Trinajstić information content (AvgIpc) is 2.62. The van der Waals surface area contributed by atoms with Crippen LogP contribution >= 0.6 is 0 Å². The summed E-state index contributed by atoms with van der Waals surface area (Å²) in [6, 6.07) is -0.0104. The summed E-state index contributed by atoms with van der Waals surface area (Å²) < 4.78 is 4.53. The van der Waals surface area contributed by atoms with E-state index in [9.17, 15) is 9.59 Å². The number of ether oxygens (including phenoxy) is 1. The molecule has 1 saturated carbocycles. The third kappa shape index (κ3) is 0.802. The Kier molecular flexibility index (Phi) is 1.17. The Hall–Kier alpha value is -1.32. The number of esters is 1. The van der Waals surface area contributed by atoms with Gasteiger partial charge in [0.25, 0.3) is 0 Å². The fraction of sp³-hybridized carbons (Fsp3) is 0.556. The monoisotopic (exact) mass is 179 g/mol. The van der Waals surface area contributed by atoms with E-state index < -0.39 is 6.09 Å². The maximum atomic E-state index is 11.4. The van der Waals surface area contributed by atoms with Gasteiger partial charge in [0.1, 0.15) is 0 Å². The summed E-state index contributed by atoms with van der Waals surface area (Å²) in [5, 5.41) is 2.71. The van der Waals surface area contributed by atoms with E-state index in [0.717, 1.165) is 6.42 Å². The first-order valence-corrected chi connectivity index (χ1v) is 4.46. The zero-order valence-corrected chi connectivity index (χ0v) is 6.90. The van der Waals surface area contributed by atoms with Crippen LogP contribution < -0.4 is 5.32 Å². The Morgan fingerprint density at radius 3 is 2.92 bits per heavy atom. The Morgan fingerprint density at radius 2 is 2.08 bits per heavy atom. The molecule has 0 radical (unpaired) electrons. The van der Waals surface area contributed by atoms with Crippen LogP contribution in [0, 0.1) is 17.8 Å². The molecule has 0 unspecified atom stereocenters. The molecule has 4 atom stereocenters. The van der Waals surface area contributed by atoms with E-state index in [1.165, 1.54) is 0 Å². The van der Waals surface area contributed by atoms with Gasteiger partial charge in [-0.3, -0.25) is 4.79 Å². The van der Waals surface area contributed by atoms with Crippen molar-refractivity contribution in [3.8, 4) is 0 Å². The molecule has 2 bridgehead atoms. The number of amides is 1. The molecule has 0 aromatic carbocycles. The van der Waals surface area contributed by atoms with Crippen molar-refractivity contribution in [2.75, 3.05) is 0 Å². The molecular formula is C9H9NO3. The number of hydrogen-bond donors (Lipinski definition) is 1. The van der Waals surface area contributed by atoms with E-state index in [-0.39, 0.29) is 23.8 Å². The molecule has 0 aromatic rings. The van der Waals surface area contributed by atoms with E-state index in [1.807, 2.05) is 0 Å². The lowest BCUT2D eigenvalue weighted by Gasteiger charge is -2.30. The van der Waals surface area contributed by atoms with Crippen LogP contribution in [0.5, 0.6) is 0 Å². The number of cyclic esters (lactones) is 2. The van der Waals surface area contributed by atoms with Crippen LogP contribution in [0.25, 0.3) is 0 Å². The molecule has 0 spiro atoms. The van der Waals surface area contributed by atoms with Gasteiger partial charge in [-0.1, -0.05) is 12.2 Å². The summed E-state index contributed by atoms with van der Waals surface area (Å²) in [7, 11) is 0. The lowest BCUT2D eigenvalue weighted by molar-refractivity contribution is -0.146. The zero-order valence-electron chi connectivity index (χ0n) is 6.90. The van der Waals surface area contributed by atoms with Gasteiger partial charge in [0.05, 0.1) is 12.0 Å². The molecule has 4 heteroatoms. The standard InChI is InChI=1S/C9H9NO3/c11-8-6-4-1-2-5(3-4)7(6)10-9(12)13-8/h1-2,4-7H,3H2,(H,10,12)/t4-,5+,6+,7+/m1/s1. The fourth-order valence-electron chi connectivity index (χ4n) is 2.67. The van der Waals surface area contributed by atoms with Crippen molar-refractivity contribution < 1.29 is 14.3 Å². The molecule has 4 nitrogen and oxygen atoms in total. The molecule has 3 rings (SSSR count). The molecule has 2 aliphatic carbocycles. The van der Waals surface area contributed by atoms with Crippen molar-refractivity contribution in [1.29, 1.82) is 0 Å². The first-order chi connectivity index (χ1) is 6.25. The number of carbonyl (C=O) groups excluding carboxylic acids is 2. The summed E-state index contributed by atoms with van der Waals surface area (Å²) in [4.78, 5) is 22.3.